The van der Waals surface area contributed by atoms with Crippen LogP contribution in [0.2, 0.25) is 0 Å². The highest BCUT2D eigenvalue weighted by Gasteiger charge is 2.19. The SMILES string of the molecule is CCC(C)CCCCCCCCC(=O)OC[C@H](COC(=O)CCCCCCCCCC(C)C)OC(=O)CCCCCCCCCCCCCCCCCCC(C)C. The van der Waals surface area contributed by atoms with E-state index in [0.717, 1.165) is 75.5 Å². The van der Waals surface area contributed by atoms with E-state index >= 15 is 0 Å². The summed E-state index contributed by atoms with van der Waals surface area (Å²) in [7, 11) is 0. The van der Waals surface area contributed by atoms with Gasteiger partial charge in [-0.2, -0.15) is 0 Å². The van der Waals surface area contributed by atoms with Gasteiger partial charge >= 0.3 is 17.9 Å². The van der Waals surface area contributed by atoms with Gasteiger partial charge in [0.25, 0.3) is 0 Å². The van der Waals surface area contributed by atoms with Crippen LogP contribution in [0, 0.1) is 17.8 Å². The van der Waals surface area contributed by atoms with Gasteiger partial charge in [0.05, 0.1) is 0 Å². The van der Waals surface area contributed by atoms with Crippen molar-refractivity contribution < 1.29 is 28.6 Å². The van der Waals surface area contributed by atoms with Crippen LogP contribution >= 0.6 is 0 Å². The minimum Gasteiger partial charge on any atom is -0.462 e. The van der Waals surface area contributed by atoms with Gasteiger partial charge in [-0.1, -0.05) is 234 Å². The monoisotopic (exact) mass is 807 g/mol. The number of hydrogen-bond donors (Lipinski definition) is 0. The maximum absolute atomic E-state index is 12.8. The zero-order valence-electron chi connectivity index (χ0n) is 39.1. The van der Waals surface area contributed by atoms with Gasteiger partial charge in [0, 0.05) is 19.3 Å². The van der Waals surface area contributed by atoms with Gasteiger partial charge in [0.1, 0.15) is 13.2 Å². The van der Waals surface area contributed by atoms with Crippen molar-refractivity contribution in [3.63, 3.8) is 0 Å². The van der Waals surface area contributed by atoms with E-state index in [1.807, 2.05) is 0 Å². The molecule has 57 heavy (non-hydrogen) atoms. The van der Waals surface area contributed by atoms with E-state index in [2.05, 4.69) is 41.5 Å². The molecular formula is C51H98O6. The first kappa shape index (κ1) is 55.4. The Labute approximate surface area is 355 Å². The van der Waals surface area contributed by atoms with Crippen LogP contribution in [0.5, 0.6) is 0 Å². The predicted octanol–water partition coefficient (Wildman–Crippen LogP) is 16.0. The van der Waals surface area contributed by atoms with Crippen LogP contribution in [0.25, 0.3) is 0 Å². The molecule has 0 heterocycles. The number of carbonyl (C=O) groups is 3. The van der Waals surface area contributed by atoms with Crippen LogP contribution in [-0.2, 0) is 28.6 Å². The number of carbonyl (C=O) groups excluding carboxylic acids is 3. The molecule has 0 amide bonds. The zero-order valence-corrected chi connectivity index (χ0v) is 39.1. The lowest BCUT2D eigenvalue weighted by Gasteiger charge is -2.18. The average Bonchev–Trinajstić information content (AvgIpc) is 3.18. The van der Waals surface area contributed by atoms with Gasteiger partial charge in [0.2, 0.25) is 0 Å². The summed E-state index contributed by atoms with van der Waals surface area (Å²) in [6.45, 7) is 13.6. The summed E-state index contributed by atoms with van der Waals surface area (Å²) in [6.07, 6.45) is 41.0. The molecule has 0 fully saturated rings. The standard InChI is InChI=1S/C51H98O6/c1-7-47(6)39-33-27-23-24-29-35-41-50(53)56-44-48(43-55-49(52)40-34-28-22-18-20-26-32-38-46(4)5)57-51(54)42-36-30-21-17-15-13-11-9-8-10-12-14-16-19-25-31-37-45(2)3/h45-48H,7-44H2,1-6H3/t47?,48-/m0/s1. The number of unbranched alkanes of at least 4 members (excludes halogenated alkanes) is 26. The third kappa shape index (κ3) is 43.8. The Hall–Kier alpha value is -1.59. The van der Waals surface area contributed by atoms with Crippen molar-refractivity contribution in [2.45, 2.75) is 279 Å². The van der Waals surface area contributed by atoms with Crippen LogP contribution in [0.3, 0.4) is 0 Å². The van der Waals surface area contributed by atoms with E-state index in [-0.39, 0.29) is 31.1 Å². The minimum absolute atomic E-state index is 0.0665. The Balaban J connectivity index is 4.25. The summed E-state index contributed by atoms with van der Waals surface area (Å²) < 4.78 is 16.8. The Morgan fingerprint density at radius 3 is 0.912 bits per heavy atom. The second kappa shape index (κ2) is 42.5. The lowest BCUT2D eigenvalue weighted by Crippen LogP contribution is -2.30. The highest BCUT2D eigenvalue weighted by atomic mass is 16.6. The fraction of sp³-hybridized carbons (Fsp3) is 0.941. The second-order valence-electron chi connectivity index (χ2n) is 18.6. The molecule has 0 saturated carbocycles. The van der Waals surface area contributed by atoms with Crippen molar-refractivity contribution in [3.8, 4) is 0 Å². The molecular weight excluding hydrogens is 709 g/mol. The summed E-state index contributed by atoms with van der Waals surface area (Å²) in [4.78, 5) is 37.8. The maximum atomic E-state index is 12.8. The first-order valence-corrected chi connectivity index (χ1v) is 25.1. The second-order valence-corrected chi connectivity index (χ2v) is 18.6. The number of hydrogen-bond acceptors (Lipinski definition) is 6. The molecule has 0 spiro atoms. The third-order valence-electron chi connectivity index (χ3n) is 11.8. The molecule has 0 N–H and O–H groups in total. The Morgan fingerprint density at radius 2 is 0.614 bits per heavy atom. The Bertz CT molecular complexity index is 885. The third-order valence-corrected chi connectivity index (χ3v) is 11.8. The summed E-state index contributed by atoms with van der Waals surface area (Å²) in [5.41, 5.74) is 0. The van der Waals surface area contributed by atoms with E-state index in [1.54, 1.807) is 0 Å². The molecule has 2 atom stereocenters. The molecule has 0 aromatic heterocycles. The van der Waals surface area contributed by atoms with Crippen LogP contribution < -0.4 is 0 Å². The van der Waals surface area contributed by atoms with Gasteiger partial charge in [-0.25, -0.2) is 0 Å². The fourth-order valence-electron chi connectivity index (χ4n) is 7.55. The summed E-state index contributed by atoms with van der Waals surface area (Å²) >= 11 is 0. The van der Waals surface area contributed by atoms with E-state index in [0.29, 0.717) is 19.3 Å². The zero-order chi connectivity index (χ0) is 42.0. The molecule has 0 aromatic rings. The van der Waals surface area contributed by atoms with Gasteiger partial charge in [-0.3, -0.25) is 14.4 Å². The maximum Gasteiger partial charge on any atom is 0.306 e. The van der Waals surface area contributed by atoms with Crippen molar-refractivity contribution in [2.75, 3.05) is 13.2 Å². The summed E-state index contributed by atoms with van der Waals surface area (Å²) in [5.74, 6) is 1.59. The van der Waals surface area contributed by atoms with Crippen molar-refractivity contribution in [1.29, 1.82) is 0 Å². The van der Waals surface area contributed by atoms with Crippen LogP contribution in [0.1, 0.15) is 273 Å². The molecule has 0 aromatic carbocycles. The lowest BCUT2D eigenvalue weighted by molar-refractivity contribution is -0.167. The van der Waals surface area contributed by atoms with Crippen molar-refractivity contribution in [2.24, 2.45) is 17.8 Å². The van der Waals surface area contributed by atoms with Crippen molar-refractivity contribution in [3.05, 3.63) is 0 Å². The minimum atomic E-state index is -0.763. The largest absolute Gasteiger partial charge is 0.462 e. The predicted molar refractivity (Wildman–Crippen MR) is 243 cm³/mol. The molecule has 338 valence electrons. The molecule has 0 aliphatic rings. The van der Waals surface area contributed by atoms with Crippen LogP contribution in [-0.4, -0.2) is 37.2 Å². The molecule has 6 heteroatoms. The molecule has 0 aliphatic heterocycles. The van der Waals surface area contributed by atoms with E-state index < -0.39 is 6.10 Å². The highest BCUT2D eigenvalue weighted by molar-refractivity contribution is 5.71. The molecule has 6 nitrogen and oxygen atoms in total. The fourth-order valence-corrected chi connectivity index (χ4v) is 7.55. The highest BCUT2D eigenvalue weighted by Crippen LogP contribution is 2.18. The molecule has 0 bridgehead atoms. The first-order chi connectivity index (χ1) is 27.6. The summed E-state index contributed by atoms with van der Waals surface area (Å²) in [5, 5.41) is 0. The smallest absolute Gasteiger partial charge is 0.306 e. The molecule has 0 saturated heterocycles. The first-order valence-electron chi connectivity index (χ1n) is 25.1. The molecule has 0 aliphatic carbocycles. The molecule has 1 unspecified atom stereocenters. The quantitative estimate of drug-likeness (QED) is 0.0347. The van der Waals surface area contributed by atoms with Crippen LogP contribution in [0.15, 0.2) is 0 Å². The number of ether oxygens (including phenoxy) is 3. The van der Waals surface area contributed by atoms with Crippen LogP contribution in [0.4, 0.5) is 0 Å². The molecule has 0 radical (unpaired) electrons. The lowest BCUT2D eigenvalue weighted by atomic mass is 10.00. The van der Waals surface area contributed by atoms with E-state index in [1.165, 1.54) is 154 Å². The Morgan fingerprint density at radius 1 is 0.351 bits per heavy atom. The van der Waals surface area contributed by atoms with Crippen molar-refractivity contribution >= 4 is 17.9 Å². The van der Waals surface area contributed by atoms with Gasteiger partial charge in [-0.05, 0) is 37.0 Å². The summed E-state index contributed by atoms with van der Waals surface area (Å²) in [6, 6.07) is 0. The van der Waals surface area contributed by atoms with Gasteiger partial charge in [-0.15, -0.1) is 0 Å². The topological polar surface area (TPSA) is 78.9 Å². The Kier molecular flexibility index (Phi) is 41.3. The number of rotatable bonds is 44. The normalized spacial score (nSPS) is 12.6. The average molecular weight is 807 g/mol. The van der Waals surface area contributed by atoms with Gasteiger partial charge in [0.15, 0.2) is 6.10 Å². The van der Waals surface area contributed by atoms with Crippen molar-refractivity contribution in [1.82, 2.24) is 0 Å². The van der Waals surface area contributed by atoms with E-state index in [4.69, 9.17) is 14.2 Å². The van der Waals surface area contributed by atoms with E-state index in [9.17, 15) is 14.4 Å². The number of esters is 3. The van der Waals surface area contributed by atoms with Gasteiger partial charge < -0.3 is 14.2 Å². The molecule has 0 rings (SSSR count).